The lowest BCUT2D eigenvalue weighted by Crippen LogP contribution is -2.70. The molecule has 20 rings (SSSR count). The van der Waals surface area contributed by atoms with E-state index >= 15 is 0 Å². The Labute approximate surface area is 563 Å². The van der Waals surface area contributed by atoms with E-state index in [0.717, 1.165) is 101 Å². The maximum Gasteiger partial charge on any atom is 0.182 e. The lowest BCUT2D eigenvalue weighted by molar-refractivity contribution is 1.10. The van der Waals surface area contributed by atoms with E-state index < -0.39 is 8.07 Å². The Morgan fingerprint density at radius 3 is 0.876 bits per heavy atom. The fourth-order valence-electron chi connectivity index (χ4n) is 16.1. The van der Waals surface area contributed by atoms with Gasteiger partial charge in [-0.05, 0) is 209 Å². The van der Waals surface area contributed by atoms with E-state index in [1.165, 1.54) is 76.4 Å². The first-order chi connectivity index (χ1) is 48.1. The number of aromatic nitrogens is 4. The molecule has 6 heterocycles. The molecule has 7 heteroatoms. The zero-order valence-corrected chi connectivity index (χ0v) is 53.7. The molecule has 0 N–H and O–H groups in total. The van der Waals surface area contributed by atoms with Crippen molar-refractivity contribution in [2.45, 2.75) is 0 Å². The van der Waals surface area contributed by atoms with E-state index in [1.54, 1.807) is 0 Å². The number of nitrogens with zero attached hydrogens (tertiary/aromatic N) is 6. The van der Waals surface area contributed by atoms with Crippen molar-refractivity contribution in [3.8, 4) is 78.7 Å². The van der Waals surface area contributed by atoms with Gasteiger partial charge in [0, 0.05) is 33.9 Å². The van der Waals surface area contributed by atoms with Gasteiger partial charge in [0.15, 0.2) is 8.07 Å². The van der Waals surface area contributed by atoms with Crippen molar-refractivity contribution in [3.05, 3.63) is 350 Å². The minimum absolute atomic E-state index is 0.904. The van der Waals surface area contributed by atoms with Crippen LogP contribution in [0.3, 0.4) is 0 Å². The Bertz CT molecular complexity index is 5490. The van der Waals surface area contributed by atoms with Crippen LogP contribution < -0.4 is 30.5 Å². The molecule has 0 aliphatic carbocycles. The maximum absolute atomic E-state index is 5.48. The van der Waals surface area contributed by atoms with Crippen molar-refractivity contribution < 1.29 is 0 Å². The van der Waals surface area contributed by atoms with Crippen LogP contribution in [0.2, 0.25) is 0 Å². The van der Waals surface area contributed by atoms with Gasteiger partial charge in [0.05, 0.1) is 44.8 Å². The Hall–Kier alpha value is -12.7. The topological polar surface area (TPSA) is 42.1 Å². The van der Waals surface area contributed by atoms with Crippen molar-refractivity contribution in [2.75, 3.05) is 9.80 Å². The zero-order valence-electron chi connectivity index (χ0n) is 52.7. The van der Waals surface area contributed by atoms with Crippen molar-refractivity contribution in [1.82, 2.24) is 19.1 Å². The van der Waals surface area contributed by atoms with Gasteiger partial charge in [-0.15, -0.1) is 0 Å². The minimum atomic E-state index is -3.15. The van der Waals surface area contributed by atoms with E-state index in [4.69, 9.17) is 9.97 Å². The second kappa shape index (κ2) is 21.7. The summed E-state index contributed by atoms with van der Waals surface area (Å²) in [5, 5.41) is 5.52. The number of hydrogen-bond acceptors (Lipinski definition) is 4. The molecule has 16 aromatic rings. The Morgan fingerprint density at radius 1 is 0.227 bits per heavy atom. The number of imidazole rings is 2. The molecule has 1 spiro atoms. The fraction of sp³-hybridized carbons (Fsp3) is 0. The highest BCUT2D eigenvalue weighted by molar-refractivity contribution is 7.24. The smallest absolute Gasteiger partial charge is 0.182 e. The molecule has 4 aliphatic rings. The molecule has 0 unspecified atom stereocenters. The lowest BCUT2D eigenvalue weighted by atomic mass is 9.96. The van der Waals surface area contributed by atoms with Crippen LogP contribution >= 0.6 is 0 Å². The summed E-state index contributed by atoms with van der Waals surface area (Å²) in [6, 6.07) is 121. The van der Waals surface area contributed by atoms with Gasteiger partial charge in [-0.3, -0.25) is 9.13 Å². The van der Waals surface area contributed by atoms with Crippen molar-refractivity contribution in [1.29, 1.82) is 0 Å². The Kier molecular flexibility index (Phi) is 12.3. The molecule has 0 radical (unpaired) electrons. The normalized spacial score (nSPS) is 13.3. The molecule has 452 valence electrons. The summed E-state index contributed by atoms with van der Waals surface area (Å²) >= 11 is 0. The van der Waals surface area contributed by atoms with E-state index in [2.05, 4.69) is 371 Å². The van der Waals surface area contributed by atoms with Crippen LogP contribution in [0.4, 0.5) is 34.1 Å². The lowest BCUT2D eigenvalue weighted by Gasteiger charge is -2.28. The number of benzene rings is 14. The molecular weight excluding hydrogens is 1190 g/mol. The summed E-state index contributed by atoms with van der Waals surface area (Å²) in [5.74, 6) is 1.81. The molecule has 0 atom stereocenters. The van der Waals surface area contributed by atoms with Crippen LogP contribution in [0.5, 0.6) is 0 Å². The minimum Gasteiger partial charge on any atom is -0.309 e. The molecule has 4 aliphatic heterocycles. The summed E-state index contributed by atoms with van der Waals surface area (Å²) in [4.78, 5) is 15.8. The van der Waals surface area contributed by atoms with Gasteiger partial charge in [0.2, 0.25) is 0 Å². The molecule has 14 aromatic carbocycles. The summed E-state index contributed by atoms with van der Waals surface area (Å²) in [6.07, 6.45) is 8.94. The molecule has 0 fully saturated rings. The van der Waals surface area contributed by atoms with Crippen LogP contribution in [0, 0.1) is 0 Å². The summed E-state index contributed by atoms with van der Waals surface area (Å²) in [5.41, 5.74) is 29.5. The first kappa shape index (κ1) is 54.8. The Morgan fingerprint density at radius 2 is 0.515 bits per heavy atom. The van der Waals surface area contributed by atoms with E-state index in [0.29, 0.717) is 0 Å². The van der Waals surface area contributed by atoms with E-state index in [-0.39, 0.29) is 0 Å². The molecule has 0 bridgehead atoms. The SMILES string of the molecule is C1=Cc2ccccc2N(c2ccc(-c3ccc4c(c3)-c3cc(-c5ccc(N6c7ccccc7C=Cc7ccccc76)cc5)ccc3[Si]43c4ccc(-c5nc6ccccc6n5-c5ccccc5)cc4-c4cc(-c5nc6ccccc6n5-c5ccccc5)ccc43)cc2)c2ccccc21. The third-order valence-electron chi connectivity index (χ3n) is 20.5. The van der Waals surface area contributed by atoms with Crippen LogP contribution in [-0.4, -0.2) is 27.2 Å². The maximum atomic E-state index is 5.48. The number of para-hydroxylation sites is 10. The molecule has 97 heavy (non-hydrogen) atoms. The standard InChI is InChI=1S/C90H58N6Si/c1-3-23-69(24-4-1)95-83-33-17-11-27-77(83)91-89(95)67-45-53-87-75(57-67)76-58-68(90-92-78-28-12-18-34-84(78)96(90)70-25-5-2-6-26-70)46-54-88(76)97(87)85-51-43-65(59-39-47-71(48-40-59)93-79-29-13-7-19-61(79)35-36-62-20-8-14-30-80(62)93)55-73(85)74-56-66(44-52-86(74)97)60-41-49-72(50-42-60)94-81-31-15-9-21-63(81)37-38-64-22-10-16-32-82(64)94/h1-58H. The molecule has 0 saturated carbocycles. The number of fused-ring (bicyclic) bond motifs is 16. The van der Waals surface area contributed by atoms with Crippen molar-refractivity contribution in [3.63, 3.8) is 0 Å². The number of rotatable bonds is 8. The van der Waals surface area contributed by atoms with Gasteiger partial charge >= 0.3 is 0 Å². The predicted octanol–water partition coefficient (Wildman–Crippen LogP) is 20.3. The number of hydrogen-bond donors (Lipinski definition) is 0. The first-order valence-corrected chi connectivity index (χ1v) is 35.3. The van der Waals surface area contributed by atoms with Gasteiger partial charge < -0.3 is 9.80 Å². The third-order valence-corrected chi connectivity index (χ3v) is 25.4. The monoisotopic (exact) mass is 1250 g/mol. The molecule has 0 saturated heterocycles. The molecule has 6 nitrogen and oxygen atoms in total. The fourth-order valence-corrected chi connectivity index (χ4v) is 21.6. The van der Waals surface area contributed by atoms with E-state index in [1.807, 2.05) is 0 Å². The molecular formula is C90H58N6Si. The van der Waals surface area contributed by atoms with Crippen LogP contribution in [0.15, 0.2) is 328 Å². The van der Waals surface area contributed by atoms with Crippen LogP contribution in [0.1, 0.15) is 22.3 Å². The highest BCUT2D eigenvalue weighted by Crippen LogP contribution is 2.47. The van der Waals surface area contributed by atoms with Gasteiger partial charge in [-0.1, -0.05) is 231 Å². The predicted molar refractivity (Wildman–Crippen MR) is 406 cm³/mol. The Balaban J connectivity index is 0.793. The molecule has 0 amide bonds. The average molecular weight is 1250 g/mol. The average Bonchev–Trinajstić information content (AvgIpc) is 1.50. The highest BCUT2D eigenvalue weighted by Gasteiger charge is 2.54. The van der Waals surface area contributed by atoms with Gasteiger partial charge in [0.25, 0.3) is 0 Å². The van der Waals surface area contributed by atoms with E-state index in [9.17, 15) is 0 Å². The second-order valence-corrected chi connectivity index (χ2v) is 29.3. The first-order valence-electron chi connectivity index (χ1n) is 33.3. The largest absolute Gasteiger partial charge is 0.309 e. The van der Waals surface area contributed by atoms with Crippen molar-refractivity contribution >= 4 is 109 Å². The second-order valence-electron chi connectivity index (χ2n) is 25.6. The van der Waals surface area contributed by atoms with Crippen LogP contribution in [0.25, 0.3) is 125 Å². The zero-order chi connectivity index (χ0) is 63.7. The summed E-state index contributed by atoms with van der Waals surface area (Å²) in [6.45, 7) is 0. The quantitative estimate of drug-likeness (QED) is 0.142. The van der Waals surface area contributed by atoms with Gasteiger partial charge in [0.1, 0.15) is 11.6 Å². The van der Waals surface area contributed by atoms with Crippen LogP contribution in [-0.2, 0) is 0 Å². The van der Waals surface area contributed by atoms with Gasteiger partial charge in [-0.2, -0.15) is 0 Å². The van der Waals surface area contributed by atoms with Gasteiger partial charge in [-0.25, -0.2) is 9.97 Å². The summed E-state index contributed by atoms with van der Waals surface area (Å²) < 4.78 is 4.65. The third kappa shape index (κ3) is 8.45. The highest BCUT2D eigenvalue weighted by atomic mass is 28.3. The number of anilines is 6. The molecule has 2 aromatic heterocycles. The summed E-state index contributed by atoms with van der Waals surface area (Å²) in [7, 11) is -3.15. The van der Waals surface area contributed by atoms with Crippen molar-refractivity contribution in [2.24, 2.45) is 0 Å².